The molecule has 2 aromatic carbocycles. The minimum Gasteiger partial charge on any atom is -0.463 e. The Hall–Kier alpha value is -3.72. The normalized spacial score (nSPS) is 18.7. The molecule has 0 aromatic heterocycles. The van der Waals surface area contributed by atoms with Crippen LogP contribution < -0.4 is 5.32 Å². The first-order chi connectivity index (χ1) is 18.3. The number of ether oxygens (including phenoxy) is 1. The molecule has 1 N–H and O–H groups in total. The van der Waals surface area contributed by atoms with Crippen LogP contribution in [0, 0.1) is 12.7 Å². The molecule has 0 aliphatic carbocycles. The first kappa shape index (κ1) is 27.3. The molecule has 38 heavy (non-hydrogen) atoms. The van der Waals surface area contributed by atoms with E-state index in [4.69, 9.17) is 4.74 Å². The van der Waals surface area contributed by atoms with Crippen molar-refractivity contribution in [1.82, 2.24) is 20.0 Å². The summed E-state index contributed by atoms with van der Waals surface area (Å²) in [5.74, 6) is -0.961. The molecule has 2 heterocycles. The third kappa shape index (κ3) is 5.88. The third-order valence-corrected chi connectivity index (χ3v) is 7.09. The van der Waals surface area contributed by atoms with Crippen molar-refractivity contribution in [2.24, 2.45) is 0 Å². The van der Waals surface area contributed by atoms with E-state index >= 15 is 0 Å². The Labute approximate surface area is 223 Å². The van der Waals surface area contributed by atoms with Crippen LogP contribution >= 0.6 is 0 Å². The van der Waals surface area contributed by atoms with E-state index in [0.717, 1.165) is 17.5 Å². The van der Waals surface area contributed by atoms with Crippen molar-refractivity contribution >= 4 is 17.9 Å². The summed E-state index contributed by atoms with van der Waals surface area (Å²) in [6, 6.07) is 12.4. The molecule has 2 aliphatic heterocycles. The number of nitrogens with one attached hydrogen (secondary N) is 1. The number of likely N-dealkylation sites (N-methyl/N-ethyl adjacent to an activating group) is 1. The monoisotopic (exact) mass is 522 g/mol. The first-order valence-electron chi connectivity index (χ1n) is 13.1. The zero-order valence-electron chi connectivity index (χ0n) is 22.2. The highest BCUT2D eigenvalue weighted by atomic mass is 19.1. The molecule has 0 bridgehead atoms. The Bertz CT molecular complexity index is 1210. The predicted octanol–water partition coefficient (Wildman–Crippen LogP) is 3.89. The fraction of sp³-hybridized carbons (Fsp3) is 0.414. The topological polar surface area (TPSA) is 82.2 Å². The second-order valence-corrected chi connectivity index (χ2v) is 9.49. The van der Waals surface area contributed by atoms with Gasteiger partial charge in [0.05, 0.1) is 18.2 Å². The van der Waals surface area contributed by atoms with Crippen LogP contribution in [0.3, 0.4) is 0 Å². The van der Waals surface area contributed by atoms with E-state index in [-0.39, 0.29) is 24.4 Å². The van der Waals surface area contributed by atoms with Gasteiger partial charge in [-0.2, -0.15) is 0 Å². The second-order valence-electron chi connectivity index (χ2n) is 9.49. The second kappa shape index (κ2) is 12.2. The van der Waals surface area contributed by atoms with Gasteiger partial charge in [-0.05, 0) is 62.6 Å². The summed E-state index contributed by atoms with van der Waals surface area (Å²) in [5.41, 5.74) is 3.33. The Morgan fingerprint density at radius 1 is 1.03 bits per heavy atom. The molecule has 2 aliphatic rings. The van der Waals surface area contributed by atoms with Crippen LogP contribution in [0.4, 0.5) is 9.18 Å². The van der Waals surface area contributed by atoms with Gasteiger partial charge in [-0.25, -0.2) is 14.0 Å². The minimum absolute atomic E-state index is 0.134. The lowest BCUT2D eigenvalue weighted by Crippen LogP contribution is -2.51. The largest absolute Gasteiger partial charge is 0.463 e. The van der Waals surface area contributed by atoms with Crippen molar-refractivity contribution < 1.29 is 23.5 Å². The molecule has 1 fully saturated rings. The van der Waals surface area contributed by atoms with Gasteiger partial charge in [0.2, 0.25) is 0 Å². The highest BCUT2D eigenvalue weighted by Gasteiger charge is 2.39. The Morgan fingerprint density at radius 2 is 1.76 bits per heavy atom. The summed E-state index contributed by atoms with van der Waals surface area (Å²) in [6.07, 6.45) is 0.731. The van der Waals surface area contributed by atoms with Gasteiger partial charge >= 0.3 is 12.0 Å². The van der Waals surface area contributed by atoms with Crippen LogP contribution in [-0.2, 0) is 9.53 Å². The molecular weight excluding hydrogens is 487 g/mol. The number of carbonyl (C=O) groups excluding carboxylic acids is 3. The van der Waals surface area contributed by atoms with Crippen molar-refractivity contribution in [2.45, 2.75) is 33.2 Å². The molecule has 202 valence electrons. The maximum absolute atomic E-state index is 13.3. The van der Waals surface area contributed by atoms with Crippen LogP contribution in [0.15, 0.2) is 59.8 Å². The zero-order chi connectivity index (χ0) is 27.2. The number of nitrogens with zero attached hydrogens (tertiary/aromatic N) is 3. The highest BCUT2D eigenvalue weighted by Crippen LogP contribution is 2.33. The van der Waals surface area contributed by atoms with Gasteiger partial charge in [-0.1, -0.05) is 24.3 Å². The molecule has 0 radical (unpaired) electrons. The highest BCUT2D eigenvalue weighted by molar-refractivity contribution is 5.95. The smallest absolute Gasteiger partial charge is 0.338 e. The molecular formula is C29H35FN4O4. The van der Waals surface area contributed by atoms with E-state index in [2.05, 4.69) is 10.2 Å². The lowest BCUT2D eigenvalue weighted by atomic mass is 9.91. The molecule has 2 aromatic rings. The van der Waals surface area contributed by atoms with E-state index < -0.39 is 12.0 Å². The number of urea groups is 1. The maximum atomic E-state index is 13.3. The van der Waals surface area contributed by atoms with Gasteiger partial charge in [0, 0.05) is 50.5 Å². The van der Waals surface area contributed by atoms with Crippen LogP contribution in [0.1, 0.15) is 47.8 Å². The number of rotatable bonds is 7. The standard InChI is InChI=1S/C29H35FN4O4/c1-4-34-24(19-32-15-8-16-33(18-17-32)27(35)21-11-13-22(30)14-12-21)25(28(36)38-5-2)26(31-29(34)37)23-10-7-6-9-20(23)3/h6-7,9-14,26H,4-5,8,15-19H2,1-3H3,(H,31,37). The quantitative estimate of drug-likeness (QED) is 0.558. The summed E-state index contributed by atoms with van der Waals surface area (Å²) in [6.45, 7) is 8.91. The van der Waals surface area contributed by atoms with Crippen molar-refractivity contribution in [3.8, 4) is 0 Å². The Kier molecular flexibility index (Phi) is 8.78. The fourth-order valence-electron chi connectivity index (χ4n) is 5.12. The molecule has 4 rings (SSSR count). The lowest BCUT2D eigenvalue weighted by Gasteiger charge is -2.38. The summed E-state index contributed by atoms with van der Waals surface area (Å²) in [7, 11) is 0. The van der Waals surface area contributed by atoms with E-state index in [1.54, 1.807) is 16.7 Å². The summed E-state index contributed by atoms with van der Waals surface area (Å²) >= 11 is 0. The summed E-state index contributed by atoms with van der Waals surface area (Å²) < 4.78 is 18.8. The average Bonchev–Trinajstić information content (AvgIpc) is 3.14. The Balaban J connectivity index is 1.62. The van der Waals surface area contributed by atoms with E-state index in [1.807, 2.05) is 38.1 Å². The maximum Gasteiger partial charge on any atom is 0.338 e. The van der Waals surface area contributed by atoms with Crippen LogP contribution in [0.25, 0.3) is 0 Å². The molecule has 8 nitrogen and oxygen atoms in total. The number of hydrogen-bond acceptors (Lipinski definition) is 5. The van der Waals surface area contributed by atoms with Crippen molar-refractivity contribution in [1.29, 1.82) is 0 Å². The van der Waals surface area contributed by atoms with Gasteiger partial charge in [0.1, 0.15) is 5.82 Å². The predicted molar refractivity (Wildman–Crippen MR) is 142 cm³/mol. The van der Waals surface area contributed by atoms with Gasteiger partial charge in [0.25, 0.3) is 5.91 Å². The number of hydrogen-bond donors (Lipinski definition) is 1. The lowest BCUT2D eigenvalue weighted by molar-refractivity contribution is -0.139. The molecule has 1 atom stereocenters. The fourth-order valence-corrected chi connectivity index (χ4v) is 5.12. The zero-order valence-corrected chi connectivity index (χ0v) is 22.2. The third-order valence-electron chi connectivity index (χ3n) is 7.09. The summed E-state index contributed by atoms with van der Waals surface area (Å²) in [4.78, 5) is 45.1. The van der Waals surface area contributed by atoms with Crippen molar-refractivity contribution in [3.05, 3.63) is 82.3 Å². The van der Waals surface area contributed by atoms with Gasteiger partial charge in [-0.3, -0.25) is 14.6 Å². The molecule has 3 amide bonds. The van der Waals surface area contributed by atoms with Gasteiger partial charge < -0.3 is 15.0 Å². The SMILES string of the molecule is CCOC(=O)C1=C(CN2CCCN(C(=O)c3ccc(F)cc3)CC2)N(CC)C(=O)NC1c1ccccc1C. The van der Waals surface area contributed by atoms with Crippen molar-refractivity contribution in [2.75, 3.05) is 45.9 Å². The van der Waals surface area contributed by atoms with E-state index in [0.29, 0.717) is 56.1 Å². The van der Waals surface area contributed by atoms with E-state index in [9.17, 15) is 18.8 Å². The van der Waals surface area contributed by atoms with Gasteiger partial charge in [0.15, 0.2) is 0 Å². The molecule has 0 saturated carbocycles. The number of esters is 1. The molecule has 0 spiro atoms. The number of aryl methyl sites for hydroxylation is 1. The minimum atomic E-state index is -0.621. The average molecular weight is 523 g/mol. The number of carbonyl (C=O) groups is 3. The number of amides is 3. The van der Waals surface area contributed by atoms with Crippen molar-refractivity contribution in [3.63, 3.8) is 0 Å². The molecule has 9 heteroatoms. The molecule has 1 unspecified atom stereocenters. The van der Waals surface area contributed by atoms with Gasteiger partial charge in [-0.15, -0.1) is 0 Å². The first-order valence-corrected chi connectivity index (χ1v) is 13.1. The van der Waals surface area contributed by atoms with Crippen LogP contribution in [0.5, 0.6) is 0 Å². The van der Waals surface area contributed by atoms with E-state index in [1.165, 1.54) is 24.3 Å². The molecule has 1 saturated heterocycles. The van der Waals surface area contributed by atoms with Crippen LogP contribution in [0.2, 0.25) is 0 Å². The summed E-state index contributed by atoms with van der Waals surface area (Å²) in [5, 5.41) is 3.02. The number of halogens is 1. The number of benzene rings is 2. The Morgan fingerprint density at radius 3 is 2.45 bits per heavy atom. The van der Waals surface area contributed by atoms with Crippen LogP contribution in [-0.4, -0.2) is 78.5 Å².